The van der Waals surface area contributed by atoms with Crippen LogP contribution in [0, 0.1) is 0 Å². The normalized spacial score (nSPS) is 16.5. The molecule has 4 aromatic rings. The molecule has 0 radical (unpaired) electrons. The van der Waals surface area contributed by atoms with Crippen molar-refractivity contribution >= 4 is 28.5 Å². The molecule has 2 fully saturated rings. The van der Waals surface area contributed by atoms with E-state index < -0.39 is 17.2 Å². The zero-order chi connectivity index (χ0) is 24.0. The summed E-state index contributed by atoms with van der Waals surface area (Å²) < 4.78 is 0. The fourth-order valence-corrected chi connectivity index (χ4v) is 4.92. The fourth-order valence-electron chi connectivity index (χ4n) is 4.92. The Labute approximate surface area is 200 Å². The van der Waals surface area contributed by atoms with E-state index in [2.05, 4.69) is 19.9 Å². The van der Waals surface area contributed by atoms with E-state index in [9.17, 15) is 14.4 Å². The lowest BCUT2D eigenvalue weighted by atomic mass is 10.0. The number of aromatic nitrogens is 4. The van der Waals surface area contributed by atoms with E-state index >= 15 is 0 Å². The van der Waals surface area contributed by atoms with E-state index in [-0.39, 0.29) is 5.91 Å². The predicted molar refractivity (Wildman–Crippen MR) is 127 cm³/mol. The molecular weight excluding hydrogens is 444 g/mol. The van der Waals surface area contributed by atoms with Gasteiger partial charge >= 0.3 is 0 Å². The topological polar surface area (TPSA) is 112 Å². The maximum atomic E-state index is 13.4. The third-order valence-electron chi connectivity index (χ3n) is 6.91. The molecular formula is C26H22N6O3. The minimum absolute atomic E-state index is 0.0446. The number of piperazine rings is 1. The molecule has 3 aromatic heterocycles. The number of aromatic amines is 1. The highest BCUT2D eigenvalue weighted by Crippen LogP contribution is 2.45. The fraction of sp³-hybridized carbons (Fsp3) is 0.231. The average Bonchev–Trinajstić information content (AvgIpc) is 3.53. The number of nitrogens with zero attached hydrogens (tertiary/aromatic N) is 5. The SMILES string of the molecule is O=C(C(=O)N1CCN(C(=O)c2ccccc2)CC12CC2)c1c[nH]c2c(-c3cncnc3)nccc12. The Kier molecular flexibility index (Phi) is 4.91. The summed E-state index contributed by atoms with van der Waals surface area (Å²) >= 11 is 0. The van der Waals surface area contributed by atoms with E-state index in [4.69, 9.17) is 0 Å². The van der Waals surface area contributed by atoms with Crippen molar-refractivity contribution in [3.63, 3.8) is 0 Å². The standard InChI is InChI=1S/C26H22N6O3/c33-23(20-14-30-22-19(20)6-9-29-21(22)18-12-27-16-28-13-18)25(35)32-11-10-31(15-26(32)7-8-26)24(34)17-4-2-1-3-5-17/h1-6,9,12-14,16,30H,7-8,10-11,15H2. The molecule has 1 saturated carbocycles. The van der Waals surface area contributed by atoms with Gasteiger partial charge in [0.2, 0.25) is 0 Å². The molecule has 174 valence electrons. The molecule has 0 unspecified atom stereocenters. The number of rotatable bonds is 4. The molecule has 2 amide bonds. The number of hydrogen-bond donors (Lipinski definition) is 1. The van der Waals surface area contributed by atoms with Crippen LogP contribution in [0.4, 0.5) is 0 Å². The van der Waals surface area contributed by atoms with Gasteiger partial charge in [-0.3, -0.25) is 19.4 Å². The molecule has 1 N–H and O–H groups in total. The van der Waals surface area contributed by atoms with Crippen molar-refractivity contribution < 1.29 is 14.4 Å². The van der Waals surface area contributed by atoms with Crippen LogP contribution < -0.4 is 0 Å². The van der Waals surface area contributed by atoms with E-state index in [0.717, 1.165) is 12.8 Å². The lowest BCUT2D eigenvalue weighted by Gasteiger charge is -2.41. The van der Waals surface area contributed by atoms with Crippen molar-refractivity contribution in [3.8, 4) is 11.3 Å². The van der Waals surface area contributed by atoms with Crippen LogP contribution in [-0.4, -0.2) is 72.5 Å². The van der Waals surface area contributed by atoms with Gasteiger partial charge in [0.25, 0.3) is 17.6 Å². The first-order valence-electron chi connectivity index (χ1n) is 11.5. The van der Waals surface area contributed by atoms with Crippen LogP contribution in [0.2, 0.25) is 0 Å². The number of fused-ring (bicyclic) bond motifs is 1. The third kappa shape index (κ3) is 3.56. The van der Waals surface area contributed by atoms with Gasteiger partial charge in [-0.15, -0.1) is 0 Å². The first-order valence-corrected chi connectivity index (χ1v) is 11.5. The molecule has 6 rings (SSSR count). The molecule has 1 aliphatic carbocycles. The van der Waals surface area contributed by atoms with Crippen molar-refractivity contribution in [2.24, 2.45) is 0 Å². The van der Waals surface area contributed by atoms with Gasteiger partial charge in [0.1, 0.15) is 6.33 Å². The van der Waals surface area contributed by atoms with Crippen molar-refractivity contribution in [1.29, 1.82) is 0 Å². The summed E-state index contributed by atoms with van der Waals surface area (Å²) in [6.45, 7) is 1.17. The van der Waals surface area contributed by atoms with Crippen molar-refractivity contribution in [2.45, 2.75) is 18.4 Å². The Morgan fingerprint density at radius 3 is 2.49 bits per heavy atom. The molecule has 4 heterocycles. The largest absolute Gasteiger partial charge is 0.359 e. The minimum atomic E-state index is -0.563. The summed E-state index contributed by atoms with van der Waals surface area (Å²) in [4.78, 5) is 58.8. The lowest BCUT2D eigenvalue weighted by Crippen LogP contribution is -2.59. The Morgan fingerprint density at radius 2 is 1.74 bits per heavy atom. The van der Waals surface area contributed by atoms with Crippen LogP contribution in [0.15, 0.2) is 67.5 Å². The van der Waals surface area contributed by atoms with Gasteiger partial charge in [-0.1, -0.05) is 18.2 Å². The van der Waals surface area contributed by atoms with E-state index in [1.807, 2.05) is 18.2 Å². The van der Waals surface area contributed by atoms with E-state index in [1.165, 1.54) is 6.33 Å². The highest BCUT2D eigenvalue weighted by atomic mass is 16.2. The van der Waals surface area contributed by atoms with Gasteiger partial charge < -0.3 is 14.8 Å². The van der Waals surface area contributed by atoms with Crippen molar-refractivity contribution in [2.75, 3.05) is 19.6 Å². The molecule has 0 atom stereocenters. The number of benzene rings is 1. The van der Waals surface area contributed by atoms with Gasteiger partial charge in [-0.25, -0.2) is 9.97 Å². The monoisotopic (exact) mass is 466 g/mol. The van der Waals surface area contributed by atoms with Gasteiger partial charge in [0.15, 0.2) is 0 Å². The minimum Gasteiger partial charge on any atom is -0.359 e. The average molecular weight is 467 g/mol. The zero-order valence-corrected chi connectivity index (χ0v) is 18.8. The molecule has 9 heteroatoms. The van der Waals surface area contributed by atoms with E-state index in [0.29, 0.717) is 52.9 Å². The Morgan fingerprint density at radius 1 is 0.971 bits per heavy atom. The smallest absolute Gasteiger partial charge is 0.295 e. The van der Waals surface area contributed by atoms with Gasteiger partial charge in [0, 0.05) is 60.9 Å². The van der Waals surface area contributed by atoms with Crippen LogP contribution in [-0.2, 0) is 4.79 Å². The maximum absolute atomic E-state index is 13.4. The maximum Gasteiger partial charge on any atom is 0.295 e. The van der Waals surface area contributed by atoms with Gasteiger partial charge in [-0.05, 0) is 31.0 Å². The zero-order valence-electron chi connectivity index (χ0n) is 18.8. The highest BCUT2D eigenvalue weighted by molar-refractivity contribution is 6.45. The first kappa shape index (κ1) is 21.2. The third-order valence-corrected chi connectivity index (χ3v) is 6.91. The molecule has 1 aliphatic heterocycles. The van der Waals surface area contributed by atoms with Crippen LogP contribution in [0.5, 0.6) is 0 Å². The number of nitrogens with one attached hydrogen (secondary N) is 1. The summed E-state index contributed by atoms with van der Waals surface area (Å²) in [6.07, 6.45) is 9.46. The van der Waals surface area contributed by atoms with Crippen LogP contribution in [0.25, 0.3) is 22.2 Å². The highest BCUT2D eigenvalue weighted by Gasteiger charge is 2.55. The summed E-state index contributed by atoms with van der Waals surface area (Å²) in [5.41, 5.74) is 2.45. The second-order valence-corrected chi connectivity index (χ2v) is 9.01. The summed E-state index contributed by atoms with van der Waals surface area (Å²) in [5.74, 6) is -1.14. The number of amides is 2. The molecule has 2 aliphatic rings. The number of Topliss-reactive ketones (excluding diaryl/α,β-unsaturated/α-hetero) is 1. The lowest BCUT2D eigenvalue weighted by molar-refractivity contribution is -0.131. The molecule has 1 aromatic carbocycles. The number of carbonyl (C=O) groups excluding carboxylic acids is 3. The molecule has 1 spiro atoms. The van der Waals surface area contributed by atoms with Crippen LogP contribution in [0.3, 0.4) is 0 Å². The molecule has 9 nitrogen and oxygen atoms in total. The Hall–Kier alpha value is -4.40. The van der Waals surface area contributed by atoms with Crippen molar-refractivity contribution in [3.05, 3.63) is 78.6 Å². The second-order valence-electron chi connectivity index (χ2n) is 9.01. The molecule has 1 saturated heterocycles. The number of pyridine rings is 1. The van der Waals surface area contributed by atoms with Gasteiger partial charge in [0.05, 0.1) is 22.3 Å². The number of hydrogen-bond acceptors (Lipinski definition) is 6. The Bertz CT molecular complexity index is 1450. The summed E-state index contributed by atoms with van der Waals surface area (Å²) in [6, 6.07) is 10.9. The van der Waals surface area contributed by atoms with Crippen LogP contribution >= 0.6 is 0 Å². The Balaban J connectivity index is 1.25. The predicted octanol–water partition coefficient (Wildman–Crippen LogP) is 2.72. The summed E-state index contributed by atoms with van der Waals surface area (Å²) in [7, 11) is 0. The molecule has 0 bridgehead atoms. The first-order chi connectivity index (χ1) is 17.1. The second kappa shape index (κ2) is 8.12. The summed E-state index contributed by atoms with van der Waals surface area (Å²) in [5, 5.41) is 0.625. The molecule has 35 heavy (non-hydrogen) atoms. The van der Waals surface area contributed by atoms with Crippen LogP contribution in [0.1, 0.15) is 33.6 Å². The number of ketones is 1. The number of carbonyl (C=O) groups is 3. The van der Waals surface area contributed by atoms with Gasteiger partial charge in [-0.2, -0.15) is 0 Å². The van der Waals surface area contributed by atoms with E-state index in [1.54, 1.807) is 52.8 Å². The number of H-pyrrole nitrogens is 1. The van der Waals surface area contributed by atoms with Crippen molar-refractivity contribution in [1.82, 2.24) is 29.7 Å². The quantitative estimate of drug-likeness (QED) is 0.366.